The van der Waals surface area contributed by atoms with Crippen molar-refractivity contribution < 1.29 is 0 Å². The molecule has 1 saturated carbocycles. The average Bonchev–Trinajstić information content (AvgIpc) is 2.82. The minimum absolute atomic E-state index is 0.598. The molecule has 0 aliphatic heterocycles. The molecule has 0 spiro atoms. The third-order valence-electron chi connectivity index (χ3n) is 4.85. The smallest absolute Gasteiger partial charge is 0.0335 e. The quantitative estimate of drug-likeness (QED) is 0.861. The molecule has 0 saturated heterocycles. The fourth-order valence-electron chi connectivity index (χ4n) is 3.82. The van der Waals surface area contributed by atoms with Crippen LogP contribution in [-0.2, 0) is 13.0 Å². The molecule has 0 radical (unpaired) electrons. The van der Waals surface area contributed by atoms with Crippen molar-refractivity contribution in [1.29, 1.82) is 0 Å². The van der Waals surface area contributed by atoms with Crippen molar-refractivity contribution in [2.45, 2.75) is 64.0 Å². The lowest BCUT2D eigenvalue weighted by Crippen LogP contribution is -2.20. The Hall–Kier alpha value is -0.760. The van der Waals surface area contributed by atoms with E-state index in [2.05, 4.69) is 29.3 Å². The van der Waals surface area contributed by atoms with Crippen LogP contribution in [0.2, 0.25) is 0 Å². The summed E-state index contributed by atoms with van der Waals surface area (Å²) in [6.45, 7) is 1.25. The maximum atomic E-state index is 3.46. The highest BCUT2D eigenvalue weighted by Crippen LogP contribution is 2.31. The van der Waals surface area contributed by atoms with E-state index in [1.54, 1.807) is 11.1 Å². The third kappa shape index (κ3) is 2.49. The third-order valence-corrected chi connectivity index (χ3v) is 4.85. The molecule has 1 aromatic rings. The van der Waals surface area contributed by atoms with Gasteiger partial charge in [-0.3, -0.25) is 0 Å². The summed E-state index contributed by atoms with van der Waals surface area (Å²) in [7, 11) is 2.10. The van der Waals surface area contributed by atoms with Crippen molar-refractivity contribution >= 4 is 0 Å². The Morgan fingerprint density at radius 3 is 2.72 bits per heavy atom. The van der Waals surface area contributed by atoms with Crippen molar-refractivity contribution in [3.05, 3.63) is 23.5 Å². The van der Waals surface area contributed by atoms with Crippen molar-refractivity contribution in [2.75, 3.05) is 7.05 Å². The van der Waals surface area contributed by atoms with Gasteiger partial charge in [0.15, 0.2) is 0 Å². The van der Waals surface area contributed by atoms with E-state index in [0.29, 0.717) is 6.04 Å². The summed E-state index contributed by atoms with van der Waals surface area (Å²) in [6.07, 6.45) is 16.0. The van der Waals surface area contributed by atoms with Gasteiger partial charge >= 0.3 is 0 Å². The van der Waals surface area contributed by atoms with Crippen LogP contribution in [0.1, 0.15) is 62.1 Å². The number of hydrogen-bond donors (Lipinski definition) is 1. The van der Waals surface area contributed by atoms with Crippen LogP contribution in [0, 0.1) is 5.92 Å². The molecule has 0 bridgehead atoms. The van der Waals surface area contributed by atoms with Gasteiger partial charge in [0.2, 0.25) is 0 Å². The van der Waals surface area contributed by atoms with Crippen LogP contribution < -0.4 is 5.32 Å². The molecule has 3 rings (SSSR count). The maximum absolute atomic E-state index is 3.46. The van der Waals surface area contributed by atoms with Gasteiger partial charge in [-0.25, -0.2) is 0 Å². The molecule has 1 aromatic heterocycles. The van der Waals surface area contributed by atoms with E-state index in [1.807, 2.05) is 0 Å². The summed E-state index contributed by atoms with van der Waals surface area (Å²) in [5, 5.41) is 3.46. The SMILES string of the molecule is CNC1CCCc2cn(CC3CCCCC3)cc21. The Morgan fingerprint density at radius 1 is 1.11 bits per heavy atom. The molecule has 1 fully saturated rings. The number of aryl methyl sites for hydroxylation is 1. The minimum atomic E-state index is 0.598. The van der Waals surface area contributed by atoms with Gasteiger partial charge in [0.05, 0.1) is 0 Å². The zero-order chi connectivity index (χ0) is 12.4. The Kier molecular flexibility index (Phi) is 3.74. The van der Waals surface area contributed by atoms with E-state index >= 15 is 0 Å². The van der Waals surface area contributed by atoms with Crippen LogP contribution in [0.15, 0.2) is 12.4 Å². The number of hydrogen-bond acceptors (Lipinski definition) is 1. The van der Waals surface area contributed by atoms with Gasteiger partial charge < -0.3 is 9.88 Å². The first-order valence-electron chi connectivity index (χ1n) is 7.72. The van der Waals surface area contributed by atoms with Gasteiger partial charge in [-0.15, -0.1) is 0 Å². The summed E-state index contributed by atoms with van der Waals surface area (Å²) < 4.78 is 2.48. The normalized spacial score (nSPS) is 25.1. The summed E-state index contributed by atoms with van der Waals surface area (Å²) in [5.74, 6) is 0.931. The number of nitrogens with zero attached hydrogens (tertiary/aromatic N) is 1. The van der Waals surface area contributed by atoms with Gasteiger partial charge in [-0.2, -0.15) is 0 Å². The molecule has 1 unspecified atom stereocenters. The topological polar surface area (TPSA) is 17.0 Å². The van der Waals surface area contributed by atoms with Gasteiger partial charge in [0.25, 0.3) is 0 Å². The highest BCUT2D eigenvalue weighted by molar-refractivity contribution is 5.30. The van der Waals surface area contributed by atoms with Crippen LogP contribution in [0.3, 0.4) is 0 Å². The molecule has 2 aliphatic rings. The van der Waals surface area contributed by atoms with E-state index in [1.165, 1.54) is 57.9 Å². The van der Waals surface area contributed by atoms with Crippen molar-refractivity contribution in [3.63, 3.8) is 0 Å². The van der Waals surface area contributed by atoms with Crippen LogP contribution in [0.4, 0.5) is 0 Å². The lowest BCUT2D eigenvalue weighted by molar-refractivity contribution is 0.319. The average molecular weight is 246 g/mol. The van der Waals surface area contributed by atoms with Crippen LogP contribution in [0.5, 0.6) is 0 Å². The first-order valence-corrected chi connectivity index (χ1v) is 7.72. The molecular formula is C16H26N2. The lowest BCUT2D eigenvalue weighted by atomic mass is 9.89. The van der Waals surface area contributed by atoms with E-state index in [0.717, 1.165) is 5.92 Å². The fourth-order valence-corrected chi connectivity index (χ4v) is 3.82. The molecular weight excluding hydrogens is 220 g/mol. The Balaban J connectivity index is 1.71. The van der Waals surface area contributed by atoms with E-state index in [-0.39, 0.29) is 0 Å². The fraction of sp³-hybridized carbons (Fsp3) is 0.750. The van der Waals surface area contributed by atoms with E-state index in [4.69, 9.17) is 0 Å². The molecule has 2 nitrogen and oxygen atoms in total. The standard InChI is InChI=1S/C16H26N2/c1-17-16-9-5-8-14-11-18(12-15(14)16)10-13-6-3-2-4-7-13/h11-13,16-17H,2-10H2,1H3. The molecule has 18 heavy (non-hydrogen) atoms. The molecule has 0 amide bonds. The molecule has 1 heterocycles. The number of fused-ring (bicyclic) bond motifs is 1. The highest BCUT2D eigenvalue weighted by atomic mass is 15.0. The number of rotatable bonds is 3. The zero-order valence-corrected chi connectivity index (χ0v) is 11.6. The molecule has 0 aromatic carbocycles. The Morgan fingerprint density at radius 2 is 1.94 bits per heavy atom. The molecule has 1 N–H and O–H groups in total. The molecule has 1 atom stereocenters. The second kappa shape index (κ2) is 5.48. The minimum Gasteiger partial charge on any atom is -0.353 e. The second-order valence-electron chi connectivity index (χ2n) is 6.17. The second-order valence-corrected chi connectivity index (χ2v) is 6.17. The first kappa shape index (κ1) is 12.3. The van der Waals surface area contributed by atoms with E-state index in [9.17, 15) is 0 Å². The van der Waals surface area contributed by atoms with Crippen LogP contribution >= 0.6 is 0 Å². The number of nitrogens with one attached hydrogen (secondary N) is 1. The van der Waals surface area contributed by atoms with Crippen molar-refractivity contribution in [1.82, 2.24) is 9.88 Å². The predicted octanol–water partition coefficient (Wildman–Crippen LogP) is 3.67. The first-order chi connectivity index (χ1) is 8.86. The largest absolute Gasteiger partial charge is 0.353 e. The monoisotopic (exact) mass is 246 g/mol. The van der Waals surface area contributed by atoms with Crippen molar-refractivity contribution in [2.24, 2.45) is 5.92 Å². The molecule has 2 heteroatoms. The highest BCUT2D eigenvalue weighted by Gasteiger charge is 2.21. The maximum Gasteiger partial charge on any atom is 0.0335 e. The molecule has 2 aliphatic carbocycles. The predicted molar refractivity (Wildman–Crippen MR) is 75.7 cm³/mol. The van der Waals surface area contributed by atoms with Crippen molar-refractivity contribution in [3.8, 4) is 0 Å². The van der Waals surface area contributed by atoms with Gasteiger partial charge in [-0.1, -0.05) is 19.3 Å². The number of aromatic nitrogens is 1. The summed E-state index contributed by atoms with van der Waals surface area (Å²) in [4.78, 5) is 0. The summed E-state index contributed by atoms with van der Waals surface area (Å²) in [5.41, 5.74) is 3.16. The van der Waals surface area contributed by atoms with Gasteiger partial charge in [0.1, 0.15) is 0 Å². The lowest BCUT2D eigenvalue weighted by Gasteiger charge is -2.22. The Bertz CT molecular complexity index is 388. The Labute approximate surface area is 111 Å². The van der Waals surface area contributed by atoms with Crippen LogP contribution in [-0.4, -0.2) is 11.6 Å². The zero-order valence-electron chi connectivity index (χ0n) is 11.6. The van der Waals surface area contributed by atoms with Gasteiger partial charge in [0, 0.05) is 25.0 Å². The van der Waals surface area contributed by atoms with E-state index < -0.39 is 0 Å². The summed E-state index contributed by atoms with van der Waals surface area (Å²) >= 11 is 0. The van der Waals surface area contributed by atoms with Gasteiger partial charge in [-0.05, 0) is 56.2 Å². The molecule has 100 valence electrons. The van der Waals surface area contributed by atoms with Crippen LogP contribution in [0.25, 0.3) is 0 Å². The summed E-state index contributed by atoms with van der Waals surface area (Å²) in [6, 6.07) is 0.598.